The van der Waals surface area contributed by atoms with E-state index in [0.29, 0.717) is 0 Å². The van der Waals surface area contributed by atoms with Crippen molar-refractivity contribution in [3.8, 4) is 22.8 Å². The molecule has 1 aromatic heterocycles. The predicted octanol–water partition coefficient (Wildman–Crippen LogP) is 3.37. The lowest BCUT2D eigenvalue weighted by Gasteiger charge is -2.12. The molecule has 2 aromatic rings. The van der Waals surface area contributed by atoms with Crippen molar-refractivity contribution in [2.24, 2.45) is 0 Å². The van der Waals surface area contributed by atoms with E-state index < -0.39 is 0 Å². The average molecular weight is 260 g/mol. The first kappa shape index (κ1) is 13.5. The molecule has 4 nitrogen and oxygen atoms in total. The maximum absolute atomic E-state index is 5.45. The Labute approximate surface area is 114 Å². The van der Waals surface area contributed by atoms with Crippen LogP contribution in [0.2, 0.25) is 0 Å². The molecule has 19 heavy (non-hydrogen) atoms. The van der Waals surface area contributed by atoms with E-state index in [1.165, 1.54) is 0 Å². The van der Waals surface area contributed by atoms with Crippen molar-refractivity contribution in [1.29, 1.82) is 0 Å². The number of imidazole rings is 1. The highest BCUT2D eigenvalue weighted by Crippen LogP contribution is 2.33. The van der Waals surface area contributed by atoms with Crippen molar-refractivity contribution < 1.29 is 9.47 Å². The molecule has 0 saturated carbocycles. The van der Waals surface area contributed by atoms with E-state index in [9.17, 15) is 0 Å². The molecule has 2 rings (SSSR count). The van der Waals surface area contributed by atoms with Gasteiger partial charge in [0.1, 0.15) is 11.5 Å². The smallest absolute Gasteiger partial charge is 0.131 e. The lowest BCUT2D eigenvalue weighted by Crippen LogP contribution is -1.99. The summed E-state index contributed by atoms with van der Waals surface area (Å²) in [6.07, 6.45) is 6.05. The Hall–Kier alpha value is -1.97. The van der Waals surface area contributed by atoms with Crippen molar-refractivity contribution in [1.82, 2.24) is 9.55 Å². The van der Waals surface area contributed by atoms with Gasteiger partial charge in [0.05, 0.1) is 32.4 Å². The number of nitrogens with zero attached hydrogens (tertiary/aromatic N) is 2. The van der Waals surface area contributed by atoms with Gasteiger partial charge in [0, 0.05) is 18.2 Å². The van der Waals surface area contributed by atoms with Crippen molar-refractivity contribution in [3.63, 3.8) is 0 Å². The zero-order chi connectivity index (χ0) is 13.7. The molecule has 0 spiro atoms. The Morgan fingerprint density at radius 3 is 2.74 bits per heavy atom. The zero-order valence-electron chi connectivity index (χ0n) is 11.7. The first-order valence-corrected chi connectivity index (χ1v) is 6.52. The molecule has 0 N–H and O–H groups in total. The topological polar surface area (TPSA) is 36.3 Å². The molecule has 0 radical (unpaired) electrons. The second kappa shape index (κ2) is 6.27. The van der Waals surface area contributed by atoms with E-state index in [4.69, 9.17) is 9.47 Å². The Kier molecular flexibility index (Phi) is 4.44. The predicted molar refractivity (Wildman–Crippen MR) is 75.7 cm³/mol. The number of unbranched alkanes of at least 4 members (excludes halogenated alkanes) is 1. The van der Waals surface area contributed by atoms with Crippen LogP contribution in [0.4, 0.5) is 0 Å². The van der Waals surface area contributed by atoms with Crippen molar-refractivity contribution in [3.05, 3.63) is 30.7 Å². The van der Waals surface area contributed by atoms with Gasteiger partial charge in [-0.25, -0.2) is 4.98 Å². The summed E-state index contributed by atoms with van der Waals surface area (Å²) in [6.45, 7) is 3.16. The Morgan fingerprint density at radius 1 is 1.21 bits per heavy atom. The highest BCUT2D eigenvalue weighted by Gasteiger charge is 2.11. The molecular formula is C15H20N2O2. The van der Waals surface area contributed by atoms with Crippen LogP contribution < -0.4 is 9.47 Å². The molecular weight excluding hydrogens is 240 g/mol. The van der Waals surface area contributed by atoms with E-state index in [2.05, 4.69) is 16.5 Å². The number of aromatic nitrogens is 2. The Morgan fingerprint density at radius 2 is 2.05 bits per heavy atom. The molecule has 0 aliphatic carbocycles. The first-order chi connectivity index (χ1) is 9.30. The maximum Gasteiger partial charge on any atom is 0.131 e. The van der Waals surface area contributed by atoms with Crippen LogP contribution in [0.15, 0.2) is 30.7 Å². The molecule has 0 bridgehead atoms. The van der Waals surface area contributed by atoms with Gasteiger partial charge >= 0.3 is 0 Å². The van der Waals surface area contributed by atoms with Crippen LogP contribution in [0.5, 0.6) is 11.5 Å². The SMILES string of the molecule is CCCCn1cncc1-c1ccc(OC)cc1OC. The molecule has 0 atom stereocenters. The summed E-state index contributed by atoms with van der Waals surface area (Å²) in [5.41, 5.74) is 2.12. The normalized spacial score (nSPS) is 10.5. The lowest BCUT2D eigenvalue weighted by atomic mass is 10.1. The maximum atomic E-state index is 5.45. The summed E-state index contributed by atoms with van der Waals surface area (Å²) in [4.78, 5) is 4.25. The molecule has 0 aliphatic heterocycles. The van der Waals surface area contributed by atoms with Gasteiger partial charge in [-0.05, 0) is 18.6 Å². The summed E-state index contributed by atoms with van der Waals surface area (Å²) in [7, 11) is 3.32. The summed E-state index contributed by atoms with van der Waals surface area (Å²) in [5, 5.41) is 0. The number of ether oxygens (including phenoxy) is 2. The third-order valence-electron chi connectivity index (χ3n) is 3.15. The van der Waals surface area contributed by atoms with Crippen LogP contribution in [-0.2, 0) is 6.54 Å². The van der Waals surface area contributed by atoms with Gasteiger partial charge in [-0.15, -0.1) is 0 Å². The van der Waals surface area contributed by atoms with Crippen LogP contribution in [0.3, 0.4) is 0 Å². The van der Waals surface area contributed by atoms with Crippen LogP contribution in [0.1, 0.15) is 19.8 Å². The second-order valence-corrected chi connectivity index (χ2v) is 4.39. The second-order valence-electron chi connectivity index (χ2n) is 4.39. The summed E-state index contributed by atoms with van der Waals surface area (Å²) in [5.74, 6) is 1.60. The highest BCUT2D eigenvalue weighted by molar-refractivity contribution is 5.68. The van der Waals surface area contributed by atoms with Gasteiger partial charge in [-0.3, -0.25) is 0 Å². The average Bonchev–Trinajstić information content (AvgIpc) is 2.92. The van der Waals surface area contributed by atoms with E-state index in [0.717, 1.165) is 42.1 Å². The number of aryl methyl sites for hydroxylation is 1. The van der Waals surface area contributed by atoms with E-state index >= 15 is 0 Å². The fourth-order valence-corrected chi connectivity index (χ4v) is 2.06. The summed E-state index contributed by atoms with van der Waals surface area (Å²) in [6, 6.07) is 5.85. The highest BCUT2D eigenvalue weighted by atomic mass is 16.5. The third kappa shape index (κ3) is 2.89. The number of methoxy groups -OCH3 is 2. The zero-order valence-corrected chi connectivity index (χ0v) is 11.7. The molecule has 0 unspecified atom stereocenters. The minimum absolute atomic E-state index is 0.792. The summed E-state index contributed by atoms with van der Waals surface area (Å²) < 4.78 is 12.8. The molecule has 0 aliphatic rings. The minimum Gasteiger partial charge on any atom is -0.497 e. The van der Waals surface area contributed by atoms with Crippen LogP contribution in [-0.4, -0.2) is 23.8 Å². The first-order valence-electron chi connectivity index (χ1n) is 6.52. The molecule has 1 aromatic carbocycles. The van der Waals surface area contributed by atoms with Gasteiger partial charge in [0.15, 0.2) is 0 Å². The molecule has 0 saturated heterocycles. The quantitative estimate of drug-likeness (QED) is 0.799. The molecule has 102 valence electrons. The number of hydrogen-bond acceptors (Lipinski definition) is 3. The van der Waals surface area contributed by atoms with Gasteiger partial charge in [0.2, 0.25) is 0 Å². The fourth-order valence-electron chi connectivity index (χ4n) is 2.06. The standard InChI is InChI=1S/C15H20N2O2/c1-4-5-8-17-11-16-10-14(17)13-7-6-12(18-2)9-15(13)19-3/h6-7,9-11H,4-5,8H2,1-3H3. The van der Waals surface area contributed by atoms with Crippen LogP contribution in [0.25, 0.3) is 11.3 Å². The van der Waals surface area contributed by atoms with Gasteiger partial charge in [-0.1, -0.05) is 13.3 Å². The molecule has 0 fully saturated rings. The number of hydrogen-bond donors (Lipinski definition) is 0. The summed E-state index contributed by atoms with van der Waals surface area (Å²) >= 11 is 0. The van der Waals surface area contributed by atoms with E-state index in [1.807, 2.05) is 30.7 Å². The molecule has 1 heterocycles. The van der Waals surface area contributed by atoms with Crippen molar-refractivity contribution >= 4 is 0 Å². The monoisotopic (exact) mass is 260 g/mol. The Bertz CT molecular complexity index is 535. The van der Waals surface area contributed by atoms with Gasteiger partial charge < -0.3 is 14.0 Å². The Balaban J connectivity index is 2.38. The largest absolute Gasteiger partial charge is 0.497 e. The minimum atomic E-state index is 0.792. The van der Waals surface area contributed by atoms with Crippen molar-refractivity contribution in [2.75, 3.05) is 14.2 Å². The molecule has 0 amide bonds. The number of rotatable bonds is 6. The van der Waals surface area contributed by atoms with Crippen molar-refractivity contribution in [2.45, 2.75) is 26.3 Å². The van der Waals surface area contributed by atoms with Gasteiger partial charge in [0.25, 0.3) is 0 Å². The molecule has 4 heteroatoms. The van der Waals surface area contributed by atoms with Gasteiger partial charge in [-0.2, -0.15) is 0 Å². The van der Waals surface area contributed by atoms with E-state index in [1.54, 1.807) is 14.2 Å². The third-order valence-corrected chi connectivity index (χ3v) is 3.15. The number of benzene rings is 1. The van der Waals surface area contributed by atoms with Crippen LogP contribution >= 0.6 is 0 Å². The van der Waals surface area contributed by atoms with E-state index in [-0.39, 0.29) is 0 Å². The fraction of sp³-hybridized carbons (Fsp3) is 0.400. The van der Waals surface area contributed by atoms with Crippen LogP contribution in [0, 0.1) is 0 Å². The lowest BCUT2D eigenvalue weighted by molar-refractivity contribution is 0.395.